The number of nitrogens with zero attached hydrogens (tertiary/aromatic N) is 1. The van der Waals surface area contributed by atoms with E-state index in [0.717, 1.165) is 5.56 Å². The van der Waals surface area contributed by atoms with Crippen LogP contribution >= 0.6 is 0 Å². The van der Waals surface area contributed by atoms with Crippen LogP contribution < -0.4 is 0 Å². The minimum absolute atomic E-state index is 0.990. The quantitative estimate of drug-likeness (QED) is 0.443. The zero-order valence-corrected chi connectivity index (χ0v) is 5.74. The minimum Gasteiger partial charge on any atom is -0.399 e. The van der Waals surface area contributed by atoms with Gasteiger partial charge in [-0.3, -0.25) is 0 Å². The van der Waals surface area contributed by atoms with Crippen LogP contribution in [0.4, 0.5) is 0 Å². The molecule has 0 aliphatic rings. The highest BCUT2D eigenvalue weighted by atomic mass is 16.6. The Morgan fingerprint density at radius 3 is 3.20 bits per heavy atom. The molecule has 1 radical (unpaired) electrons. The van der Waals surface area contributed by atoms with Crippen molar-refractivity contribution >= 4 is 6.21 Å². The maximum Gasteiger partial charge on any atom is 0.106 e. The molecule has 0 atom stereocenters. The molecule has 51 valence electrons. The van der Waals surface area contributed by atoms with Crippen LogP contribution in [-0.4, -0.2) is 13.3 Å². The van der Waals surface area contributed by atoms with E-state index in [-0.39, 0.29) is 0 Å². The van der Waals surface area contributed by atoms with E-state index >= 15 is 0 Å². The summed E-state index contributed by atoms with van der Waals surface area (Å²) in [5.74, 6) is 0. The molecule has 0 aliphatic heterocycles. The summed E-state index contributed by atoms with van der Waals surface area (Å²) in [5, 5.41) is 3.60. The number of hydrogen-bond acceptors (Lipinski definition) is 2. The fourth-order valence-corrected chi connectivity index (χ4v) is 0.601. The Kier molecular flexibility index (Phi) is 2.49. The molecule has 1 aromatic rings. The van der Waals surface area contributed by atoms with Crippen LogP contribution in [0.1, 0.15) is 5.56 Å². The van der Waals surface area contributed by atoms with E-state index in [0.29, 0.717) is 0 Å². The van der Waals surface area contributed by atoms with Crippen LogP contribution in [0.2, 0.25) is 0 Å². The molecular formula is C8H8NO. The van der Waals surface area contributed by atoms with Crippen molar-refractivity contribution in [3.8, 4) is 0 Å². The van der Waals surface area contributed by atoms with Gasteiger partial charge in [-0.1, -0.05) is 23.4 Å². The molecule has 0 saturated carbocycles. The number of rotatable bonds is 2. The van der Waals surface area contributed by atoms with Gasteiger partial charge in [-0.2, -0.15) is 0 Å². The highest BCUT2D eigenvalue weighted by molar-refractivity contribution is 5.78. The second-order valence-electron chi connectivity index (χ2n) is 1.75. The number of oxime groups is 1. The van der Waals surface area contributed by atoms with E-state index < -0.39 is 0 Å². The van der Waals surface area contributed by atoms with Gasteiger partial charge >= 0.3 is 0 Å². The molecule has 0 aromatic heterocycles. The molecule has 0 amide bonds. The Hall–Kier alpha value is -1.31. The average molecular weight is 134 g/mol. The first kappa shape index (κ1) is 6.81. The van der Waals surface area contributed by atoms with Gasteiger partial charge < -0.3 is 4.84 Å². The van der Waals surface area contributed by atoms with Crippen molar-refractivity contribution < 1.29 is 4.84 Å². The molecule has 0 bridgehead atoms. The lowest BCUT2D eigenvalue weighted by molar-refractivity contribution is 0.215. The first-order valence-corrected chi connectivity index (χ1v) is 2.96. The molecule has 0 N–H and O–H groups in total. The van der Waals surface area contributed by atoms with Gasteiger partial charge in [-0.05, 0) is 17.7 Å². The van der Waals surface area contributed by atoms with Gasteiger partial charge in [0.05, 0.1) is 6.21 Å². The zero-order valence-electron chi connectivity index (χ0n) is 5.74. The number of benzene rings is 1. The van der Waals surface area contributed by atoms with Crippen molar-refractivity contribution in [2.75, 3.05) is 7.11 Å². The van der Waals surface area contributed by atoms with E-state index in [9.17, 15) is 0 Å². The van der Waals surface area contributed by atoms with Crippen molar-refractivity contribution in [2.24, 2.45) is 5.16 Å². The number of hydrogen-bond donors (Lipinski definition) is 0. The molecule has 1 aromatic carbocycles. The fraction of sp³-hybridized carbons (Fsp3) is 0.125. The summed E-state index contributed by atoms with van der Waals surface area (Å²) in [6, 6.07) is 10.4. The predicted molar refractivity (Wildman–Crippen MR) is 39.9 cm³/mol. The standard InChI is InChI=1S/C8H8NO/c1-10-9-7-8-5-3-2-4-6-8/h2-3,5-7H,1H3/b9-7-. The second-order valence-corrected chi connectivity index (χ2v) is 1.75. The van der Waals surface area contributed by atoms with Crippen LogP contribution in [0.5, 0.6) is 0 Å². The van der Waals surface area contributed by atoms with E-state index in [1.807, 2.05) is 24.3 Å². The van der Waals surface area contributed by atoms with Crippen molar-refractivity contribution in [1.82, 2.24) is 0 Å². The maximum atomic E-state index is 4.50. The molecule has 0 aliphatic carbocycles. The SMILES string of the molecule is CO/N=C\c1c[c]ccc1. The van der Waals surface area contributed by atoms with Crippen LogP contribution in [0, 0.1) is 6.07 Å². The molecule has 2 heteroatoms. The molecule has 0 unspecified atom stereocenters. The molecule has 1 rings (SSSR count). The average Bonchev–Trinajstić information content (AvgIpc) is 2.03. The molecule has 10 heavy (non-hydrogen) atoms. The summed E-state index contributed by atoms with van der Waals surface area (Å²) in [5.41, 5.74) is 0.990. The van der Waals surface area contributed by atoms with Crippen molar-refractivity contribution in [3.05, 3.63) is 35.9 Å². The molecule has 2 nitrogen and oxygen atoms in total. The second kappa shape index (κ2) is 3.67. The predicted octanol–water partition coefficient (Wildman–Crippen LogP) is 1.47. The van der Waals surface area contributed by atoms with Crippen molar-refractivity contribution in [1.29, 1.82) is 0 Å². The molecule has 0 saturated heterocycles. The molecule has 0 spiro atoms. The van der Waals surface area contributed by atoms with E-state index in [2.05, 4.69) is 16.1 Å². The van der Waals surface area contributed by atoms with Crippen molar-refractivity contribution in [2.45, 2.75) is 0 Å². The third-order valence-electron chi connectivity index (χ3n) is 1.04. The summed E-state index contributed by atoms with van der Waals surface area (Å²) in [4.78, 5) is 4.50. The van der Waals surface area contributed by atoms with Gasteiger partial charge in [0.2, 0.25) is 0 Å². The van der Waals surface area contributed by atoms with Crippen LogP contribution in [0.15, 0.2) is 29.4 Å². The fourth-order valence-electron chi connectivity index (χ4n) is 0.601. The van der Waals surface area contributed by atoms with Gasteiger partial charge in [-0.25, -0.2) is 0 Å². The third-order valence-corrected chi connectivity index (χ3v) is 1.04. The highest BCUT2D eigenvalue weighted by Gasteiger charge is 1.81. The van der Waals surface area contributed by atoms with Gasteiger partial charge in [0.15, 0.2) is 0 Å². The molecule has 0 heterocycles. The first-order chi connectivity index (χ1) is 4.93. The van der Waals surface area contributed by atoms with Gasteiger partial charge in [0.25, 0.3) is 0 Å². The largest absolute Gasteiger partial charge is 0.399 e. The smallest absolute Gasteiger partial charge is 0.106 e. The summed E-state index contributed by atoms with van der Waals surface area (Å²) < 4.78 is 0. The molecular weight excluding hydrogens is 126 g/mol. The Labute approximate surface area is 60.1 Å². The van der Waals surface area contributed by atoms with Gasteiger partial charge in [0, 0.05) is 0 Å². The van der Waals surface area contributed by atoms with E-state index in [1.54, 1.807) is 6.21 Å². The van der Waals surface area contributed by atoms with Crippen LogP contribution in [0.3, 0.4) is 0 Å². The lowest BCUT2D eigenvalue weighted by Crippen LogP contribution is -1.79. The van der Waals surface area contributed by atoms with Crippen LogP contribution in [0.25, 0.3) is 0 Å². The topological polar surface area (TPSA) is 21.6 Å². The lowest BCUT2D eigenvalue weighted by atomic mass is 10.2. The van der Waals surface area contributed by atoms with Gasteiger partial charge in [0.1, 0.15) is 7.11 Å². The first-order valence-electron chi connectivity index (χ1n) is 2.96. The van der Waals surface area contributed by atoms with Crippen molar-refractivity contribution in [3.63, 3.8) is 0 Å². The summed E-state index contributed by atoms with van der Waals surface area (Å²) >= 11 is 0. The lowest BCUT2D eigenvalue weighted by Gasteiger charge is -1.87. The van der Waals surface area contributed by atoms with E-state index in [4.69, 9.17) is 0 Å². The highest BCUT2D eigenvalue weighted by Crippen LogP contribution is 1.92. The Bertz CT molecular complexity index is 206. The monoisotopic (exact) mass is 134 g/mol. The third kappa shape index (κ3) is 1.90. The Morgan fingerprint density at radius 2 is 2.60 bits per heavy atom. The summed E-state index contributed by atoms with van der Waals surface area (Å²) in [7, 11) is 1.52. The summed E-state index contributed by atoms with van der Waals surface area (Å²) in [6.45, 7) is 0. The zero-order chi connectivity index (χ0) is 7.23. The molecule has 0 fully saturated rings. The van der Waals surface area contributed by atoms with E-state index in [1.165, 1.54) is 7.11 Å². The Balaban J connectivity index is 2.67. The summed E-state index contributed by atoms with van der Waals surface area (Å²) in [6.07, 6.45) is 1.64. The normalized spacial score (nSPS) is 10.1. The minimum atomic E-state index is 0.990. The van der Waals surface area contributed by atoms with Crippen LogP contribution in [-0.2, 0) is 4.84 Å². The Morgan fingerprint density at radius 1 is 1.70 bits per heavy atom. The van der Waals surface area contributed by atoms with Gasteiger partial charge in [-0.15, -0.1) is 0 Å². The maximum absolute atomic E-state index is 4.50.